The highest BCUT2D eigenvalue weighted by molar-refractivity contribution is 5.67. The van der Waals surface area contributed by atoms with Gasteiger partial charge < -0.3 is 0 Å². The lowest BCUT2D eigenvalue weighted by Crippen LogP contribution is -2.00. The van der Waals surface area contributed by atoms with Crippen molar-refractivity contribution in [3.63, 3.8) is 0 Å². The van der Waals surface area contributed by atoms with Crippen molar-refractivity contribution in [3.05, 3.63) is 51.1 Å². The van der Waals surface area contributed by atoms with Crippen molar-refractivity contribution in [2.75, 3.05) is 5.43 Å². The Morgan fingerprint density at radius 2 is 2.10 bits per heavy atom. The van der Waals surface area contributed by atoms with Crippen molar-refractivity contribution in [2.24, 2.45) is 11.0 Å². The molecule has 0 saturated heterocycles. The molecule has 8 nitrogen and oxygen atoms in total. The summed E-state index contributed by atoms with van der Waals surface area (Å²) in [6, 6.07) is 3.35. The number of nitro benzene ring substituents is 2. The standard InChI is InChI=1S/C13H16N4O4/c1-3-10(4-2)7-8-14-15-12-6-5-11(16(18)19)9-13(12)17(20)21/h3,5-6,8-10,15H,1,4,7H2,2H3. The fourth-order valence-electron chi connectivity index (χ4n) is 1.61. The van der Waals surface area contributed by atoms with Gasteiger partial charge in [0, 0.05) is 12.3 Å². The number of benzene rings is 1. The Kier molecular flexibility index (Phi) is 5.99. The Morgan fingerprint density at radius 3 is 2.62 bits per heavy atom. The van der Waals surface area contributed by atoms with Crippen molar-refractivity contribution in [3.8, 4) is 0 Å². The molecule has 1 aromatic carbocycles. The molecule has 0 amide bonds. The van der Waals surface area contributed by atoms with Crippen LogP contribution in [0.5, 0.6) is 0 Å². The minimum absolute atomic E-state index is 0.105. The van der Waals surface area contributed by atoms with Crippen LogP contribution in [0.25, 0.3) is 0 Å². The third-order valence-electron chi connectivity index (χ3n) is 2.93. The molecule has 1 aromatic rings. The van der Waals surface area contributed by atoms with E-state index in [1.165, 1.54) is 12.1 Å². The summed E-state index contributed by atoms with van der Waals surface area (Å²) in [5, 5.41) is 25.4. The summed E-state index contributed by atoms with van der Waals surface area (Å²) < 4.78 is 0. The minimum Gasteiger partial charge on any atom is -0.272 e. The molecule has 0 radical (unpaired) electrons. The molecule has 0 aliphatic rings. The van der Waals surface area contributed by atoms with Crippen LogP contribution in [0.4, 0.5) is 17.1 Å². The molecule has 0 heterocycles. The van der Waals surface area contributed by atoms with Gasteiger partial charge in [0.05, 0.1) is 15.9 Å². The maximum absolute atomic E-state index is 10.9. The summed E-state index contributed by atoms with van der Waals surface area (Å²) in [4.78, 5) is 20.1. The molecule has 0 fully saturated rings. The maximum atomic E-state index is 10.9. The highest BCUT2D eigenvalue weighted by Gasteiger charge is 2.18. The molecule has 0 aliphatic carbocycles. The molecule has 1 N–H and O–H groups in total. The first kappa shape index (κ1) is 16.3. The molecule has 8 heteroatoms. The molecule has 0 spiro atoms. The Balaban J connectivity index is 2.83. The predicted molar refractivity (Wildman–Crippen MR) is 80.5 cm³/mol. The molecule has 1 unspecified atom stereocenters. The lowest BCUT2D eigenvalue weighted by atomic mass is 10.0. The second kappa shape index (κ2) is 7.73. The monoisotopic (exact) mass is 292 g/mol. The maximum Gasteiger partial charge on any atom is 0.301 e. The van der Waals surface area contributed by atoms with E-state index in [0.717, 1.165) is 12.5 Å². The molecule has 1 atom stereocenters. The van der Waals surface area contributed by atoms with Crippen molar-refractivity contribution >= 4 is 23.3 Å². The number of rotatable bonds is 8. The van der Waals surface area contributed by atoms with Crippen molar-refractivity contribution < 1.29 is 9.85 Å². The first-order chi connectivity index (χ1) is 9.99. The quantitative estimate of drug-likeness (QED) is 0.341. The summed E-state index contributed by atoms with van der Waals surface area (Å²) in [5.41, 5.74) is 1.91. The number of nitrogens with one attached hydrogen (secondary N) is 1. The molecular weight excluding hydrogens is 276 g/mol. The lowest BCUT2D eigenvalue weighted by Gasteiger charge is -2.05. The SMILES string of the molecule is C=CC(CC)CC=NNc1ccc([N+](=O)[O-])cc1[N+](=O)[O-]. The van der Waals surface area contributed by atoms with Gasteiger partial charge in [0.1, 0.15) is 5.69 Å². The molecule has 0 bridgehead atoms. The number of nitrogens with zero attached hydrogens (tertiary/aromatic N) is 3. The van der Waals surface area contributed by atoms with E-state index in [1.807, 2.05) is 13.0 Å². The largest absolute Gasteiger partial charge is 0.301 e. The van der Waals surface area contributed by atoms with Gasteiger partial charge in [0.25, 0.3) is 5.69 Å². The summed E-state index contributed by atoms with van der Waals surface area (Å²) in [6.07, 6.45) is 5.00. The van der Waals surface area contributed by atoms with E-state index in [1.54, 1.807) is 6.21 Å². The summed E-state index contributed by atoms with van der Waals surface area (Å²) in [6.45, 7) is 5.72. The van der Waals surface area contributed by atoms with E-state index >= 15 is 0 Å². The van der Waals surface area contributed by atoms with Crippen LogP contribution in [0.2, 0.25) is 0 Å². The van der Waals surface area contributed by atoms with Crippen LogP contribution >= 0.6 is 0 Å². The smallest absolute Gasteiger partial charge is 0.272 e. The molecule has 21 heavy (non-hydrogen) atoms. The van der Waals surface area contributed by atoms with Gasteiger partial charge in [0.15, 0.2) is 0 Å². The lowest BCUT2D eigenvalue weighted by molar-refractivity contribution is -0.393. The molecule has 0 saturated carbocycles. The minimum atomic E-state index is -0.691. The van der Waals surface area contributed by atoms with Crippen LogP contribution in [0, 0.1) is 26.1 Å². The van der Waals surface area contributed by atoms with Gasteiger partial charge in [-0.1, -0.05) is 13.0 Å². The van der Waals surface area contributed by atoms with Gasteiger partial charge in [-0.25, -0.2) is 0 Å². The van der Waals surface area contributed by atoms with Gasteiger partial charge in [-0.3, -0.25) is 25.7 Å². The molecule has 112 valence electrons. The van der Waals surface area contributed by atoms with Crippen molar-refractivity contribution in [1.82, 2.24) is 0 Å². The zero-order valence-electron chi connectivity index (χ0n) is 11.6. The van der Waals surface area contributed by atoms with Crippen molar-refractivity contribution in [1.29, 1.82) is 0 Å². The van der Waals surface area contributed by atoms with Crippen LogP contribution < -0.4 is 5.43 Å². The van der Waals surface area contributed by atoms with Crippen LogP contribution in [-0.2, 0) is 0 Å². The van der Waals surface area contributed by atoms with Gasteiger partial charge in [-0.2, -0.15) is 5.10 Å². The topological polar surface area (TPSA) is 111 Å². The highest BCUT2D eigenvalue weighted by atomic mass is 16.6. The van der Waals surface area contributed by atoms with Crippen LogP contribution in [-0.4, -0.2) is 16.1 Å². The zero-order chi connectivity index (χ0) is 15.8. The van der Waals surface area contributed by atoms with E-state index in [0.29, 0.717) is 12.3 Å². The highest BCUT2D eigenvalue weighted by Crippen LogP contribution is 2.28. The second-order valence-electron chi connectivity index (χ2n) is 4.28. The summed E-state index contributed by atoms with van der Waals surface area (Å²) >= 11 is 0. The first-order valence-electron chi connectivity index (χ1n) is 6.32. The zero-order valence-corrected chi connectivity index (χ0v) is 11.6. The Hall–Kier alpha value is -2.77. The number of hydrogen-bond acceptors (Lipinski definition) is 6. The number of hydrogen-bond donors (Lipinski definition) is 1. The average Bonchev–Trinajstić information content (AvgIpc) is 2.47. The number of nitro groups is 2. The number of non-ortho nitro benzene ring substituents is 1. The van der Waals surface area contributed by atoms with E-state index in [9.17, 15) is 20.2 Å². The van der Waals surface area contributed by atoms with Gasteiger partial charge >= 0.3 is 5.69 Å². The molecular formula is C13H16N4O4. The Morgan fingerprint density at radius 1 is 1.38 bits per heavy atom. The Bertz CT molecular complexity index is 571. The Labute approximate surface area is 121 Å². The van der Waals surface area contributed by atoms with E-state index in [4.69, 9.17) is 0 Å². The third kappa shape index (κ3) is 4.68. The number of hydrazone groups is 1. The van der Waals surface area contributed by atoms with Crippen molar-refractivity contribution in [2.45, 2.75) is 19.8 Å². The number of allylic oxidation sites excluding steroid dienone is 1. The second-order valence-corrected chi connectivity index (χ2v) is 4.28. The predicted octanol–water partition coefficient (Wildman–Crippen LogP) is 3.50. The first-order valence-corrected chi connectivity index (χ1v) is 6.32. The normalized spacial score (nSPS) is 12.0. The van der Waals surface area contributed by atoms with E-state index in [-0.39, 0.29) is 11.4 Å². The summed E-state index contributed by atoms with van der Waals surface area (Å²) in [5.74, 6) is 0.294. The molecule has 1 rings (SSSR count). The van der Waals surface area contributed by atoms with Gasteiger partial charge in [0.2, 0.25) is 0 Å². The fourth-order valence-corrected chi connectivity index (χ4v) is 1.61. The molecule has 0 aliphatic heterocycles. The van der Waals surface area contributed by atoms with E-state index in [2.05, 4.69) is 17.1 Å². The van der Waals surface area contributed by atoms with Crippen LogP contribution in [0.3, 0.4) is 0 Å². The van der Waals surface area contributed by atoms with Gasteiger partial charge in [-0.05, 0) is 24.8 Å². The third-order valence-corrected chi connectivity index (χ3v) is 2.93. The molecule has 0 aromatic heterocycles. The summed E-state index contributed by atoms with van der Waals surface area (Å²) in [7, 11) is 0. The average molecular weight is 292 g/mol. The number of anilines is 1. The van der Waals surface area contributed by atoms with Crippen LogP contribution in [0.15, 0.2) is 36.0 Å². The van der Waals surface area contributed by atoms with E-state index < -0.39 is 15.5 Å². The fraction of sp³-hybridized carbons (Fsp3) is 0.308. The van der Waals surface area contributed by atoms with Crippen LogP contribution in [0.1, 0.15) is 19.8 Å². The van der Waals surface area contributed by atoms with Gasteiger partial charge in [-0.15, -0.1) is 6.58 Å².